The highest BCUT2D eigenvalue weighted by atomic mass is 32.1. The van der Waals surface area contributed by atoms with Crippen LogP contribution in [0, 0.1) is 11.8 Å². The van der Waals surface area contributed by atoms with Crippen molar-refractivity contribution in [2.24, 2.45) is 17.6 Å². The van der Waals surface area contributed by atoms with Gasteiger partial charge in [-0.05, 0) is 100 Å². The molecule has 2 aromatic carbocycles. The summed E-state index contributed by atoms with van der Waals surface area (Å²) in [6.45, 7) is 3.30. The fourth-order valence-corrected chi connectivity index (χ4v) is 14.9. The number of carbonyl (C=O) groups is 7. The van der Waals surface area contributed by atoms with Gasteiger partial charge in [0.1, 0.15) is 40.2 Å². The molecule has 6 fully saturated rings. The number of β-amino-alcohol motifs (C(OH)–C–C–N with tert-alkyl or cyclic N) is 1. The van der Waals surface area contributed by atoms with Crippen molar-refractivity contribution in [1.82, 2.24) is 56.5 Å². The highest BCUT2D eigenvalue weighted by Gasteiger charge is 2.50. The van der Waals surface area contributed by atoms with E-state index in [1.54, 1.807) is 0 Å². The minimum absolute atomic E-state index is 0.00738. The number of nitrogens with one attached hydrogen (secondary N) is 5. The lowest BCUT2D eigenvalue weighted by atomic mass is 9.82. The van der Waals surface area contributed by atoms with Crippen molar-refractivity contribution in [3.63, 3.8) is 0 Å². The van der Waals surface area contributed by atoms with Crippen LogP contribution in [0.2, 0.25) is 0 Å². The standard InChI is InChI=1S/C65H89N13O16S/c1-33-31-78-55(56(33)87)60(91)68-30-41(80)24-45(67-27-35-8-11-38(12-9-35)61-74-75-62(95-61)39-15-13-37(14-16-39)40-28-69-65(70-29-40)76-20-18-44(19-21-76)94-43-6-4-3-5-7-43)57(88)71-52(34(2)79)63(92)77-32-42(81)25-46(77)58(89)72-53(49(84)23-36-10-17-47(82)48(83)22-36)59(90)73-54(64(78)93)50(85)26-51(66)86/h10,13-17,22,28-29,33-35,38,41-46,49-50,52-56,67,79-85,87H,3-9,11-12,18-21,23-27,30-32H2,1-2H3,(H2,66,86)(H,68,91)(H,71,88)(H,72,89)(H,73,90)/t33-,34+,35?,38?,41+,42+,45-,46-,49+,50+,52-,53-,54-,55-,56-/m0/s1. The number of fused-ring (bicyclic) bond motifs is 2. The van der Waals surface area contributed by atoms with Crippen molar-refractivity contribution in [1.29, 1.82) is 0 Å². The number of hydrogen-bond acceptors (Lipinski definition) is 23. The monoisotopic (exact) mass is 1340 g/mol. The Balaban J connectivity index is 0.815. The fourth-order valence-electron chi connectivity index (χ4n) is 13.9. The van der Waals surface area contributed by atoms with E-state index >= 15 is 0 Å². The fraction of sp³-hybridized carbons (Fsp3) is 0.615. The number of aliphatic hydroxyl groups is 6. The molecule has 2 aromatic heterocycles. The van der Waals surface area contributed by atoms with E-state index in [2.05, 4.69) is 41.7 Å². The molecule has 4 aromatic rings. The summed E-state index contributed by atoms with van der Waals surface area (Å²) < 4.78 is 6.44. The third-order valence-electron chi connectivity index (χ3n) is 19.4. The van der Waals surface area contributed by atoms with Crippen molar-refractivity contribution < 1.29 is 79.2 Å². The predicted octanol–water partition coefficient (Wildman–Crippen LogP) is -0.651. The number of rotatable bonds is 16. The van der Waals surface area contributed by atoms with Gasteiger partial charge in [-0.3, -0.25) is 33.6 Å². The molecule has 6 heterocycles. The number of phenols is 2. The number of aromatic hydroxyl groups is 2. The third kappa shape index (κ3) is 17.4. The number of carbonyl (C=O) groups excluding carboxylic acids is 7. The first-order valence-corrected chi connectivity index (χ1v) is 33.9. The van der Waals surface area contributed by atoms with Crippen molar-refractivity contribution >= 4 is 58.6 Å². The largest absolute Gasteiger partial charge is 0.504 e. The number of benzene rings is 2. The van der Waals surface area contributed by atoms with Crippen LogP contribution in [0.3, 0.4) is 0 Å². The Morgan fingerprint density at radius 1 is 0.705 bits per heavy atom. The van der Waals surface area contributed by atoms with Crippen LogP contribution in [0.25, 0.3) is 21.7 Å². The summed E-state index contributed by atoms with van der Waals surface area (Å²) in [7, 11) is 0. The zero-order chi connectivity index (χ0) is 67.8. The summed E-state index contributed by atoms with van der Waals surface area (Å²) in [5.41, 5.74) is 8.32. The van der Waals surface area contributed by atoms with Gasteiger partial charge in [-0.15, -0.1) is 10.2 Å². The van der Waals surface area contributed by atoms with Crippen molar-refractivity contribution in [2.75, 3.05) is 44.2 Å². The normalized spacial score (nSPS) is 29.3. The Labute approximate surface area is 553 Å². The maximum atomic E-state index is 14.7. The van der Waals surface area contributed by atoms with Gasteiger partial charge in [0.25, 0.3) is 0 Å². The number of anilines is 1. The van der Waals surface area contributed by atoms with E-state index in [0.29, 0.717) is 18.9 Å². The van der Waals surface area contributed by atoms with E-state index < -0.39 is 170 Å². The molecule has 0 unspecified atom stereocenters. The maximum absolute atomic E-state index is 14.7. The molecule has 4 saturated heterocycles. The summed E-state index contributed by atoms with van der Waals surface area (Å²) in [5, 5.41) is 112. The number of nitrogens with two attached hydrogens (primary N) is 1. The molecule has 6 aliphatic rings. The Kier molecular flexibility index (Phi) is 23.3. The van der Waals surface area contributed by atoms with Crippen molar-refractivity contribution in [3.05, 3.63) is 65.4 Å². The summed E-state index contributed by atoms with van der Waals surface area (Å²) in [6, 6.07) is 0.820. The van der Waals surface area contributed by atoms with Gasteiger partial charge >= 0.3 is 0 Å². The molecule has 0 bridgehead atoms. The number of amides is 7. The highest BCUT2D eigenvalue weighted by Crippen LogP contribution is 2.39. The summed E-state index contributed by atoms with van der Waals surface area (Å²) >= 11 is 1.53. The van der Waals surface area contributed by atoms with Gasteiger partial charge < -0.3 is 92.6 Å². The Morgan fingerprint density at radius 3 is 2.03 bits per heavy atom. The molecule has 29 nitrogen and oxygen atoms in total. The molecule has 95 heavy (non-hydrogen) atoms. The molecule has 30 heteroatoms. The summed E-state index contributed by atoms with van der Waals surface area (Å²) in [6.07, 6.45) is 2.91. The first-order chi connectivity index (χ1) is 45.5. The highest BCUT2D eigenvalue weighted by molar-refractivity contribution is 7.14. The molecule has 2 aliphatic carbocycles. The van der Waals surface area contributed by atoms with Crippen LogP contribution < -0.4 is 37.2 Å². The zero-order valence-electron chi connectivity index (χ0n) is 53.3. The molecular weight excluding hydrogens is 1250 g/mol. The summed E-state index contributed by atoms with van der Waals surface area (Å²) in [4.78, 5) is 113. The quantitative estimate of drug-likeness (QED) is 0.0620. The molecule has 15 N–H and O–H groups in total. The molecule has 7 amide bonds. The van der Waals surface area contributed by atoms with Gasteiger partial charge in [-0.1, -0.05) is 67.9 Å². The zero-order valence-corrected chi connectivity index (χ0v) is 54.1. The van der Waals surface area contributed by atoms with E-state index in [1.165, 1.54) is 63.4 Å². The first-order valence-electron chi connectivity index (χ1n) is 33.1. The maximum Gasteiger partial charge on any atom is 0.248 e. The van der Waals surface area contributed by atoms with Gasteiger partial charge in [0.15, 0.2) is 11.5 Å². The Morgan fingerprint density at radius 2 is 1.36 bits per heavy atom. The molecule has 516 valence electrons. The number of piperidine rings is 1. The lowest BCUT2D eigenvalue weighted by Crippen LogP contribution is -2.64. The van der Waals surface area contributed by atoms with Crippen molar-refractivity contribution in [3.8, 4) is 33.2 Å². The molecule has 10 rings (SSSR count). The number of phenolic OH excluding ortho intramolecular Hbond substituents is 2. The molecule has 2 saturated carbocycles. The molecule has 13 atom stereocenters. The Hall–Kier alpha value is -7.55. The molecule has 0 radical (unpaired) electrons. The third-order valence-corrected chi connectivity index (χ3v) is 20.5. The van der Waals surface area contributed by atoms with Crippen LogP contribution in [0.5, 0.6) is 11.5 Å². The minimum Gasteiger partial charge on any atom is -0.504 e. The van der Waals surface area contributed by atoms with Crippen LogP contribution in [-0.4, -0.2) is 237 Å². The van der Waals surface area contributed by atoms with E-state index in [1.807, 2.05) is 36.7 Å². The average Bonchev–Trinajstić information content (AvgIpc) is 1.68. The second-order valence-electron chi connectivity index (χ2n) is 26.5. The topological polar surface area (TPSA) is 438 Å². The number of aliphatic hydroxyl groups excluding tert-OH is 6. The molecule has 4 aliphatic heterocycles. The van der Waals surface area contributed by atoms with Gasteiger partial charge in [-0.2, -0.15) is 0 Å². The lowest BCUT2D eigenvalue weighted by molar-refractivity contribution is -0.147. The predicted molar refractivity (Wildman–Crippen MR) is 343 cm³/mol. The average molecular weight is 1340 g/mol. The van der Waals surface area contributed by atoms with Crippen LogP contribution >= 0.6 is 11.3 Å². The van der Waals surface area contributed by atoms with Crippen LogP contribution in [0.4, 0.5) is 5.95 Å². The van der Waals surface area contributed by atoms with Gasteiger partial charge in [0.05, 0.1) is 61.3 Å². The summed E-state index contributed by atoms with van der Waals surface area (Å²) in [5.74, 6) is -8.84. The molecular formula is C65H89N13O16S. The van der Waals surface area contributed by atoms with Crippen LogP contribution in [0.1, 0.15) is 120 Å². The smallest absolute Gasteiger partial charge is 0.248 e. The van der Waals surface area contributed by atoms with Crippen LogP contribution in [-0.2, 0) is 44.7 Å². The number of ether oxygens (including phenoxy) is 1. The number of aromatic nitrogens is 4. The van der Waals surface area contributed by atoms with Gasteiger partial charge in [0.2, 0.25) is 47.3 Å². The second-order valence-corrected chi connectivity index (χ2v) is 27.5. The second kappa shape index (κ2) is 31.5. The van der Waals surface area contributed by atoms with Crippen LogP contribution in [0.15, 0.2) is 54.9 Å². The van der Waals surface area contributed by atoms with Gasteiger partial charge in [0, 0.05) is 80.9 Å². The number of hydrogen-bond donors (Lipinski definition) is 14. The van der Waals surface area contributed by atoms with E-state index in [4.69, 9.17) is 20.4 Å². The minimum atomic E-state index is -2.15. The van der Waals surface area contributed by atoms with E-state index in [9.17, 15) is 74.4 Å². The number of primary amides is 1. The van der Waals surface area contributed by atoms with E-state index in [0.717, 1.165) is 93.4 Å². The Bertz CT molecular complexity index is 3330. The number of nitrogens with zero attached hydrogens (tertiary/aromatic N) is 7. The van der Waals surface area contributed by atoms with Gasteiger partial charge in [-0.25, -0.2) is 9.97 Å². The SMILES string of the molecule is C[C@@H](O)[C@@H]1NC(=O)[C@@H](NCC2CCC(c3nnc(-c4ccc(-c5cnc(N6CCC(OC7CCCCC7)CC6)nc5)cc4)s3)CC2)C[C@@H](O)CNC(=O)[C@@H]2[C@@H](O)[C@@H](C)CN2C(=O)[C@H]([C@H](O)CC(N)=O)NC(=O)[C@H]([C@H](O)Cc2ccc(O)c(O)c2)NC(=O)[C@@H]2C[C@@H](O)CN2C1=O. The lowest BCUT2D eigenvalue weighted by Gasteiger charge is -2.34. The van der Waals surface area contributed by atoms with E-state index in [-0.39, 0.29) is 36.6 Å². The molecule has 0 spiro atoms. The first kappa shape index (κ1) is 70.3. The van der Waals surface area contributed by atoms with Crippen molar-refractivity contribution in [2.45, 2.75) is 201 Å².